The molecule has 0 bridgehead atoms. The van der Waals surface area contributed by atoms with E-state index in [1.165, 1.54) is 7.11 Å². The SMILES string of the molecule is CCOC(=O)C1(C(=O)OCC)[C@@H](c2ccc(OC)cc2)N[C@@H](C(=O)OC)[C@@H]1c1ccccc1. The van der Waals surface area contributed by atoms with Crippen LogP contribution in [0.15, 0.2) is 54.6 Å². The van der Waals surface area contributed by atoms with Gasteiger partial charge in [-0.1, -0.05) is 42.5 Å². The molecular formula is C25H29NO7. The molecule has 1 aliphatic rings. The first-order valence-electron chi connectivity index (χ1n) is 10.8. The molecule has 0 spiro atoms. The number of carbonyl (C=O) groups excluding carboxylic acids is 3. The van der Waals surface area contributed by atoms with Gasteiger partial charge >= 0.3 is 17.9 Å². The molecular weight excluding hydrogens is 426 g/mol. The standard InChI is InChI=1S/C25H29NO7/c1-5-32-23(28)25(24(29)33-6-2)19(16-10-8-7-9-11-16)20(22(27)31-4)26-21(25)17-12-14-18(30-3)15-13-17/h7-15,19-21,26H,5-6H2,1-4H3/t19-,20+,21+/m0/s1. The van der Waals surface area contributed by atoms with Gasteiger partial charge in [-0.15, -0.1) is 0 Å². The van der Waals surface area contributed by atoms with E-state index in [9.17, 15) is 14.4 Å². The number of nitrogens with one attached hydrogen (secondary N) is 1. The molecule has 33 heavy (non-hydrogen) atoms. The molecule has 2 aromatic rings. The van der Waals surface area contributed by atoms with Crippen molar-refractivity contribution < 1.29 is 33.3 Å². The van der Waals surface area contributed by atoms with E-state index < -0.39 is 41.3 Å². The van der Waals surface area contributed by atoms with Crippen molar-refractivity contribution in [1.29, 1.82) is 0 Å². The van der Waals surface area contributed by atoms with Gasteiger partial charge < -0.3 is 18.9 Å². The maximum absolute atomic E-state index is 13.7. The first-order valence-corrected chi connectivity index (χ1v) is 10.8. The average molecular weight is 456 g/mol. The Kier molecular flexibility index (Phi) is 7.71. The van der Waals surface area contributed by atoms with E-state index in [2.05, 4.69) is 5.32 Å². The minimum Gasteiger partial charge on any atom is -0.497 e. The molecule has 2 aromatic carbocycles. The molecule has 1 heterocycles. The summed E-state index contributed by atoms with van der Waals surface area (Å²) in [5.41, 5.74) is -0.664. The summed E-state index contributed by atoms with van der Waals surface area (Å²) in [5, 5.41) is 3.20. The summed E-state index contributed by atoms with van der Waals surface area (Å²) in [6.45, 7) is 3.44. The molecule has 0 unspecified atom stereocenters. The van der Waals surface area contributed by atoms with Gasteiger partial charge in [-0.3, -0.25) is 19.7 Å². The average Bonchev–Trinajstić information content (AvgIpc) is 3.21. The maximum atomic E-state index is 13.7. The largest absolute Gasteiger partial charge is 0.497 e. The van der Waals surface area contributed by atoms with E-state index in [4.69, 9.17) is 18.9 Å². The summed E-state index contributed by atoms with van der Waals surface area (Å²) < 4.78 is 21.2. The Balaban J connectivity index is 2.32. The topological polar surface area (TPSA) is 100 Å². The van der Waals surface area contributed by atoms with Crippen LogP contribution in [-0.4, -0.2) is 51.4 Å². The van der Waals surface area contributed by atoms with Gasteiger partial charge in [0, 0.05) is 5.92 Å². The number of hydrogen-bond acceptors (Lipinski definition) is 8. The fourth-order valence-corrected chi connectivity index (χ4v) is 4.53. The lowest BCUT2D eigenvalue weighted by Crippen LogP contribution is -2.49. The molecule has 176 valence electrons. The highest BCUT2D eigenvalue weighted by molar-refractivity contribution is 6.04. The van der Waals surface area contributed by atoms with Crippen molar-refractivity contribution in [1.82, 2.24) is 5.32 Å². The summed E-state index contributed by atoms with van der Waals surface area (Å²) in [4.78, 5) is 40.3. The van der Waals surface area contributed by atoms with Gasteiger partial charge in [-0.25, -0.2) is 0 Å². The van der Waals surface area contributed by atoms with Crippen molar-refractivity contribution >= 4 is 17.9 Å². The molecule has 8 heteroatoms. The van der Waals surface area contributed by atoms with Gasteiger partial charge in [0.2, 0.25) is 0 Å². The summed E-state index contributed by atoms with van der Waals surface area (Å²) >= 11 is 0. The van der Waals surface area contributed by atoms with Gasteiger partial charge in [-0.05, 0) is 37.1 Å². The Morgan fingerprint density at radius 2 is 1.42 bits per heavy atom. The number of esters is 3. The Morgan fingerprint density at radius 1 is 0.848 bits per heavy atom. The van der Waals surface area contributed by atoms with Crippen LogP contribution in [0.3, 0.4) is 0 Å². The monoisotopic (exact) mass is 455 g/mol. The number of carbonyl (C=O) groups is 3. The quantitative estimate of drug-likeness (QED) is 0.369. The zero-order valence-electron chi connectivity index (χ0n) is 19.2. The normalized spacial score (nSPS) is 21.2. The second-order valence-corrected chi connectivity index (χ2v) is 7.57. The maximum Gasteiger partial charge on any atom is 0.326 e. The molecule has 0 radical (unpaired) electrons. The van der Waals surface area contributed by atoms with E-state index in [-0.39, 0.29) is 13.2 Å². The fourth-order valence-electron chi connectivity index (χ4n) is 4.53. The number of benzene rings is 2. The minimum absolute atomic E-state index is 0.0553. The van der Waals surface area contributed by atoms with Gasteiger partial charge in [0.25, 0.3) is 0 Å². The van der Waals surface area contributed by atoms with Crippen LogP contribution in [0.4, 0.5) is 0 Å². The van der Waals surface area contributed by atoms with Crippen LogP contribution in [0, 0.1) is 5.41 Å². The highest BCUT2D eigenvalue weighted by atomic mass is 16.6. The molecule has 0 aliphatic carbocycles. The Labute approximate surface area is 193 Å². The number of hydrogen-bond donors (Lipinski definition) is 1. The summed E-state index contributed by atoms with van der Waals surface area (Å²) in [5.74, 6) is -2.46. The second-order valence-electron chi connectivity index (χ2n) is 7.57. The van der Waals surface area contributed by atoms with Gasteiger partial charge in [0.1, 0.15) is 11.8 Å². The Morgan fingerprint density at radius 3 is 1.91 bits per heavy atom. The molecule has 8 nitrogen and oxygen atoms in total. The van der Waals surface area contributed by atoms with Crippen molar-refractivity contribution in [2.24, 2.45) is 5.41 Å². The molecule has 1 aliphatic heterocycles. The highest BCUT2D eigenvalue weighted by Gasteiger charge is 2.69. The molecule has 0 saturated carbocycles. The van der Waals surface area contributed by atoms with Crippen LogP contribution in [0.2, 0.25) is 0 Å². The lowest BCUT2D eigenvalue weighted by Gasteiger charge is -2.35. The first kappa shape index (κ1) is 24.3. The van der Waals surface area contributed by atoms with Crippen molar-refractivity contribution in [2.75, 3.05) is 27.4 Å². The zero-order chi connectivity index (χ0) is 24.0. The van der Waals surface area contributed by atoms with E-state index in [1.54, 1.807) is 69.5 Å². The summed E-state index contributed by atoms with van der Waals surface area (Å²) in [6, 6.07) is 13.9. The number of methoxy groups -OCH3 is 2. The zero-order valence-corrected chi connectivity index (χ0v) is 19.2. The predicted molar refractivity (Wildman–Crippen MR) is 120 cm³/mol. The van der Waals surface area contributed by atoms with Gasteiger partial charge in [0.15, 0.2) is 5.41 Å². The van der Waals surface area contributed by atoms with Crippen LogP contribution in [0.25, 0.3) is 0 Å². The molecule has 3 atom stereocenters. The fraction of sp³-hybridized carbons (Fsp3) is 0.400. The van der Waals surface area contributed by atoms with Gasteiger partial charge in [-0.2, -0.15) is 0 Å². The lowest BCUT2D eigenvalue weighted by molar-refractivity contribution is -0.174. The van der Waals surface area contributed by atoms with E-state index in [0.717, 1.165) is 0 Å². The van der Waals surface area contributed by atoms with Crippen LogP contribution < -0.4 is 10.1 Å². The summed E-state index contributed by atoms with van der Waals surface area (Å²) in [7, 11) is 2.81. The van der Waals surface area contributed by atoms with Crippen molar-refractivity contribution in [3.05, 3.63) is 65.7 Å². The smallest absolute Gasteiger partial charge is 0.326 e. The number of ether oxygens (including phenoxy) is 4. The van der Waals surface area contributed by atoms with Crippen molar-refractivity contribution in [2.45, 2.75) is 31.8 Å². The highest BCUT2D eigenvalue weighted by Crippen LogP contribution is 2.55. The lowest BCUT2D eigenvalue weighted by atomic mass is 9.66. The number of rotatable bonds is 8. The van der Waals surface area contributed by atoms with Crippen molar-refractivity contribution in [3.63, 3.8) is 0 Å². The molecule has 1 N–H and O–H groups in total. The Hall–Kier alpha value is -3.39. The third kappa shape index (κ3) is 4.30. The second kappa shape index (κ2) is 10.5. The summed E-state index contributed by atoms with van der Waals surface area (Å²) in [6.07, 6.45) is 0. The third-order valence-electron chi connectivity index (χ3n) is 5.91. The van der Waals surface area contributed by atoms with Crippen molar-refractivity contribution in [3.8, 4) is 5.75 Å². The molecule has 0 amide bonds. The van der Waals surface area contributed by atoms with Crippen LogP contribution in [0.1, 0.15) is 36.9 Å². The third-order valence-corrected chi connectivity index (χ3v) is 5.91. The van der Waals surface area contributed by atoms with Gasteiger partial charge in [0.05, 0.1) is 33.5 Å². The first-order chi connectivity index (χ1) is 15.9. The van der Waals surface area contributed by atoms with E-state index in [1.807, 2.05) is 6.07 Å². The Bertz CT molecular complexity index is 956. The minimum atomic E-state index is -1.87. The van der Waals surface area contributed by atoms with Crippen LogP contribution in [-0.2, 0) is 28.6 Å². The molecule has 3 rings (SSSR count). The van der Waals surface area contributed by atoms with E-state index >= 15 is 0 Å². The van der Waals surface area contributed by atoms with Crippen LogP contribution in [0.5, 0.6) is 5.75 Å². The molecule has 1 fully saturated rings. The predicted octanol–water partition coefficient (Wildman–Crippen LogP) is 2.78. The van der Waals surface area contributed by atoms with E-state index in [0.29, 0.717) is 16.9 Å². The van der Waals surface area contributed by atoms with Crippen LogP contribution >= 0.6 is 0 Å². The molecule has 0 aromatic heterocycles. The molecule has 1 saturated heterocycles.